The van der Waals surface area contributed by atoms with Crippen LogP contribution in [0.4, 0.5) is 10.1 Å². The average molecular weight is 262 g/mol. The van der Waals surface area contributed by atoms with Gasteiger partial charge in [-0.05, 0) is 31.5 Å². The standard InChI is InChI=1S/C13H15FN4O/c1-3-9-7-11(18(4-2)17-9)13(19)16-10-5-6-12(14)15-8-10/h5-8H,3-4H2,1-2H3,(H,16,19). The minimum atomic E-state index is -0.579. The third kappa shape index (κ3) is 2.96. The van der Waals surface area contributed by atoms with E-state index in [1.807, 2.05) is 13.8 Å². The van der Waals surface area contributed by atoms with Crippen LogP contribution in [0.15, 0.2) is 24.4 Å². The van der Waals surface area contributed by atoms with Crippen molar-refractivity contribution in [1.82, 2.24) is 14.8 Å². The van der Waals surface area contributed by atoms with Crippen LogP contribution >= 0.6 is 0 Å². The maximum Gasteiger partial charge on any atom is 0.273 e. The van der Waals surface area contributed by atoms with Gasteiger partial charge in [0.25, 0.3) is 5.91 Å². The molecule has 0 bridgehead atoms. The van der Waals surface area contributed by atoms with Crippen LogP contribution in [0.2, 0.25) is 0 Å². The molecule has 2 aromatic heterocycles. The van der Waals surface area contributed by atoms with E-state index in [1.54, 1.807) is 10.7 Å². The SMILES string of the molecule is CCc1cc(C(=O)Nc2ccc(F)nc2)n(CC)n1. The van der Waals surface area contributed by atoms with E-state index >= 15 is 0 Å². The second-order valence-corrected chi connectivity index (χ2v) is 4.01. The van der Waals surface area contributed by atoms with Crippen LogP contribution in [-0.2, 0) is 13.0 Å². The summed E-state index contributed by atoms with van der Waals surface area (Å²) >= 11 is 0. The van der Waals surface area contributed by atoms with Crippen LogP contribution < -0.4 is 5.32 Å². The fraction of sp³-hybridized carbons (Fsp3) is 0.308. The number of amides is 1. The highest BCUT2D eigenvalue weighted by Gasteiger charge is 2.14. The van der Waals surface area contributed by atoms with Crippen molar-refractivity contribution in [3.8, 4) is 0 Å². The second kappa shape index (κ2) is 5.60. The average Bonchev–Trinajstić information content (AvgIpc) is 2.85. The lowest BCUT2D eigenvalue weighted by molar-refractivity contribution is 0.101. The molecule has 2 rings (SSSR count). The molecule has 2 aromatic rings. The van der Waals surface area contributed by atoms with Gasteiger partial charge in [-0.2, -0.15) is 9.49 Å². The highest BCUT2D eigenvalue weighted by Crippen LogP contribution is 2.10. The number of rotatable bonds is 4. The monoisotopic (exact) mass is 262 g/mol. The van der Waals surface area contributed by atoms with Crippen molar-refractivity contribution in [3.63, 3.8) is 0 Å². The van der Waals surface area contributed by atoms with Crippen molar-refractivity contribution in [2.45, 2.75) is 26.8 Å². The first-order chi connectivity index (χ1) is 9.13. The van der Waals surface area contributed by atoms with Crippen LogP contribution in [0, 0.1) is 5.95 Å². The third-order valence-corrected chi connectivity index (χ3v) is 2.71. The fourth-order valence-electron chi connectivity index (χ4n) is 1.71. The molecule has 100 valence electrons. The predicted octanol–water partition coefficient (Wildman–Crippen LogP) is 2.25. The molecule has 2 heterocycles. The molecule has 0 saturated carbocycles. The highest BCUT2D eigenvalue weighted by atomic mass is 19.1. The van der Waals surface area contributed by atoms with Gasteiger partial charge in [-0.1, -0.05) is 6.92 Å². The van der Waals surface area contributed by atoms with Crippen molar-refractivity contribution in [2.75, 3.05) is 5.32 Å². The smallest absolute Gasteiger partial charge is 0.273 e. The van der Waals surface area contributed by atoms with E-state index in [0.29, 0.717) is 17.9 Å². The van der Waals surface area contributed by atoms with Crippen molar-refractivity contribution in [2.24, 2.45) is 0 Å². The first-order valence-electron chi connectivity index (χ1n) is 6.13. The number of hydrogen-bond donors (Lipinski definition) is 1. The van der Waals surface area contributed by atoms with Crippen molar-refractivity contribution in [1.29, 1.82) is 0 Å². The molecule has 0 aliphatic carbocycles. The lowest BCUT2D eigenvalue weighted by Gasteiger charge is -2.05. The number of halogens is 1. The fourth-order valence-corrected chi connectivity index (χ4v) is 1.71. The molecule has 0 radical (unpaired) electrons. The first-order valence-corrected chi connectivity index (χ1v) is 6.13. The third-order valence-electron chi connectivity index (χ3n) is 2.71. The number of anilines is 1. The van der Waals surface area contributed by atoms with Gasteiger partial charge in [-0.15, -0.1) is 0 Å². The summed E-state index contributed by atoms with van der Waals surface area (Å²) in [6, 6.07) is 4.42. The van der Waals surface area contributed by atoms with Crippen LogP contribution in [-0.4, -0.2) is 20.7 Å². The summed E-state index contributed by atoms with van der Waals surface area (Å²) in [5, 5.41) is 6.97. The highest BCUT2D eigenvalue weighted by molar-refractivity contribution is 6.03. The Balaban J connectivity index is 2.19. The minimum Gasteiger partial charge on any atom is -0.319 e. The first kappa shape index (κ1) is 13.2. The number of nitrogens with zero attached hydrogens (tertiary/aromatic N) is 3. The molecule has 5 nitrogen and oxygen atoms in total. The van der Waals surface area contributed by atoms with Crippen LogP contribution in [0.1, 0.15) is 30.0 Å². The van der Waals surface area contributed by atoms with Gasteiger partial charge in [-0.3, -0.25) is 9.48 Å². The number of hydrogen-bond acceptors (Lipinski definition) is 3. The van der Waals surface area contributed by atoms with Gasteiger partial charge >= 0.3 is 0 Å². The van der Waals surface area contributed by atoms with Gasteiger partial charge in [0.05, 0.1) is 17.6 Å². The second-order valence-electron chi connectivity index (χ2n) is 4.01. The molecule has 0 aliphatic heterocycles. The lowest BCUT2D eigenvalue weighted by Crippen LogP contribution is -2.17. The van der Waals surface area contributed by atoms with Crippen LogP contribution in [0.25, 0.3) is 0 Å². The largest absolute Gasteiger partial charge is 0.319 e. The van der Waals surface area contributed by atoms with Gasteiger partial charge in [0, 0.05) is 6.54 Å². The molecule has 19 heavy (non-hydrogen) atoms. The Morgan fingerprint density at radius 1 is 1.42 bits per heavy atom. The Kier molecular flexibility index (Phi) is 3.89. The van der Waals surface area contributed by atoms with Crippen LogP contribution in [0.3, 0.4) is 0 Å². The summed E-state index contributed by atoms with van der Waals surface area (Å²) < 4.78 is 14.3. The summed E-state index contributed by atoms with van der Waals surface area (Å²) in [7, 11) is 0. The van der Waals surface area contributed by atoms with E-state index < -0.39 is 5.95 Å². The van der Waals surface area contributed by atoms with Gasteiger partial charge in [-0.25, -0.2) is 4.98 Å². The van der Waals surface area contributed by atoms with E-state index in [1.165, 1.54) is 18.3 Å². The summed E-state index contributed by atoms with van der Waals surface area (Å²) in [5.41, 5.74) is 1.81. The molecule has 0 atom stereocenters. The number of aromatic nitrogens is 3. The molecule has 6 heteroatoms. The molecule has 0 aromatic carbocycles. The van der Waals surface area contributed by atoms with Gasteiger partial charge in [0.1, 0.15) is 5.69 Å². The number of aryl methyl sites for hydroxylation is 2. The van der Waals surface area contributed by atoms with Crippen molar-refractivity contribution in [3.05, 3.63) is 41.7 Å². The zero-order chi connectivity index (χ0) is 13.8. The molecule has 0 saturated heterocycles. The van der Waals surface area contributed by atoms with E-state index in [0.717, 1.165) is 12.1 Å². The molecule has 0 aliphatic rings. The minimum absolute atomic E-state index is 0.276. The molecule has 1 amide bonds. The number of pyridine rings is 1. The Labute approximate surface area is 110 Å². The number of carbonyl (C=O) groups is 1. The quantitative estimate of drug-likeness (QED) is 0.860. The zero-order valence-corrected chi connectivity index (χ0v) is 10.9. The van der Waals surface area contributed by atoms with E-state index in [9.17, 15) is 9.18 Å². The number of carbonyl (C=O) groups excluding carboxylic acids is 1. The predicted molar refractivity (Wildman–Crippen MR) is 69.4 cm³/mol. The van der Waals surface area contributed by atoms with Crippen molar-refractivity contribution < 1.29 is 9.18 Å². The van der Waals surface area contributed by atoms with Crippen molar-refractivity contribution >= 4 is 11.6 Å². The van der Waals surface area contributed by atoms with Gasteiger partial charge in [0.2, 0.25) is 5.95 Å². The molecule has 0 fully saturated rings. The molecule has 0 unspecified atom stereocenters. The summed E-state index contributed by atoms with van der Waals surface area (Å²) in [4.78, 5) is 15.6. The maximum atomic E-state index is 12.7. The zero-order valence-electron chi connectivity index (χ0n) is 10.9. The van der Waals surface area contributed by atoms with E-state index in [2.05, 4.69) is 15.4 Å². The summed E-state index contributed by atoms with van der Waals surface area (Å²) in [6.45, 7) is 4.51. The van der Waals surface area contributed by atoms with Crippen LogP contribution in [0.5, 0.6) is 0 Å². The molecular formula is C13H15FN4O. The Morgan fingerprint density at radius 3 is 2.79 bits per heavy atom. The Hall–Kier alpha value is -2.24. The van der Waals surface area contributed by atoms with E-state index in [4.69, 9.17) is 0 Å². The summed E-state index contributed by atoms with van der Waals surface area (Å²) in [6.07, 6.45) is 2.05. The summed E-state index contributed by atoms with van der Waals surface area (Å²) in [5.74, 6) is -0.854. The molecule has 1 N–H and O–H groups in total. The topological polar surface area (TPSA) is 59.8 Å². The maximum absolute atomic E-state index is 12.7. The van der Waals surface area contributed by atoms with E-state index in [-0.39, 0.29) is 5.91 Å². The number of nitrogens with one attached hydrogen (secondary N) is 1. The molecular weight excluding hydrogens is 247 g/mol. The Bertz CT molecular complexity index is 577. The normalized spacial score (nSPS) is 10.5. The Morgan fingerprint density at radius 2 is 2.21 bits per heavy atom. The lowest BCUT2D eigenvalue weighted by atomic mass is 10.3. The van der Waals surface area contributed by atoms with Gasteiger partial charge < -0.3 is 5.32 Å². The van der Waals surface area contributed by atoms with Gasteiger partial charge in [0.15, 0.2) is 0 Å². The molecule has 0 spiro atoms.